The number of ether oxygens (including phenoxy) is 1. The van der Waals surface area contributed by atoms with Gasteiger partial charge in [-0.05, 0) is 73.5 Å². The molecule has 39 heavy (non-hydrogen) atoms. The SMILES string of the molecule is COc1ccc(NC(=O)C(c2cccc(F)c2)N(Cc2cccnc2)C(=O)CSc2nc(C)cc(C)n2)cc1. The molecule has 0 aliphatic heterocycles. The molecule has 0 fully saturated rings. The van der Waals surface area contributed by atoms with Crippen molar-refractivity contribution in [3.05, 3.63) is 107 Å². The van der Waals surface area contributed by atoms with Crippen molar-refractivity contribution >= 4 is 29.3 Å². The van der Waals surface area contributed by atoms with Gasteiger partial charge in [0.2, 0.25) is 5.91 Å². The van der Waals surface area contributed by atoms with E-state index in [1.54, 1.807) is 55.9 Å². The van der Waals surface area contributed by atoms with Crippen LogP contribution in [0.25, 0.3) is 0 Å². The fourth-order valence-electron chi connectivity index (χ4n) is 4.01. The summed E-state index contributed by atoms with van der Waals surface area (Å²) in [4.78, 5) is 41.9. The van der Waals surface area contributed by atoms with Crippen molar-refractivity contribution in [3.63, 3.8) is 0 Å². The zero-order chi connectivity index (χ0) is 27.8. The van der Waals surface area contributed by atoms with Crippen molar-refractivity contribution < 1.29 is 18.7 Å². The minimum Gasteiger partial charge on any atom is -0.497 e. The number of aromatic nitrogens is 3. The third-order valence-electron chi connectivity index (χ3n) is 5.76. The fraction of sp³-hybridized carbons (Fsp3) is 0.207. The van der Waals surface area contributed by atoms with Gasteiger partial charge in [-0.1, -0.05) is 30.0 Å². The Bertz CT molecular complexity index is 1420. The van der Waals surface area contributed by atoms with E-state index in [9.17, 15) is 14.0 Å². The standard InChI is InChI=1S/C29H28FN5O3S/c1-19-14-20(2)33-29(32-19)39-18-26(36)35(17-21-6-5-13-31-16-21)27(22-7-4-8-23(30)15-22)28(37)34-24-9-11-25(38-3)12-10-24/h4-16,27H,17-18H2,1-3H3,(H,34,37). The first-order valence-corrected chi connectivity index (χ1v) is 13.1. The first-order chi connectivity index (χ1) is 18.8. The average Bonchev–Trinajstić information content (AvgIpc) is 2.92. The number of nitrogens with zero attached hydrogens (tertiary/aromatic N) is 4. The van der Waals surface area contributed by atoms with E-state index in [1.807, 2.05) is 26.0 Å². The Labute approximate surface area is 230 Å². The van der Waals surface area contributed by atoms with Crippen LogP contribution < -0.4 is 10.1 Å². The lowest BCUT2D eigenvalue weighted by Gasteiger charge is -2.31. The normalized spacial score (nSPS) is 11.5. The number of carbonyl (C=O) groups excluding carboxylic acids is 2. The van der Waals surface area contributed by atoms with Crippen LogP contribution in [0.5, 0.6) is 5.75 Å². The largest absolute Gasteiger partial charge is 0.497 e. The highest BCUT2D eigenvalue weighted by atomic mass is 32.2. The summed E-state index contributed by atoms with van der Waals surface area (Å²) in [6, 6.07) is 16.8. The first-order valence-electron chi connectivity index (χ1n) is 12.2. The van der Waals surface area contributed by atoms with Crippen LogP contribution >= 0.6 is 11.8 Å². The second-order valence-electron chi connectivity index (χ2n) is 8.78. The molecule has 200 valence electrons. The average molecular weight is 546 g/mol. The van der Waals surface area contributed by atoms with Crippen LogP contribution in [-0.2, 0) is 16.1 Å². The minimum absolute atomic E-state index is 0.0230. The fourth-order valence-corrected chi connectivity index (χ4v) is 4.85. The molecule has 2 amide bonds. The van der Waals surface area contributed by atoms with Gasteiger partial charge in [0.15, 0.2) is 5.16 Å². The summed E-state index contributed by atoms with van der Waals surface area (Å²) in [6.07, 6.45) is 3.26. The van der Waals surface area contributed by atoms with Crippen LogP contribution in [-0.4, -0.2) is 44.5 Å². The Kier molecular flexibility index (Phi) is 9.22. The van der Waals surface area contributed by atoms with E-state index in [0.717, 1.165) is 17.0 Å². The van der Waals surface area contributed by atoms with Crippen molar-refractivity contribution in [2.75, 3.05) is 18.2 Å². The van der Waals surface area contributed by atoms with Gasteiger partial charge in [-0.15, -0.1) is 0 Å². The number of anilines is 1. The summed E-state index contributed by atoms with van der Waals surface area (Å²) in [5.74, 6) is -0.734. The molecule has 0 bridgehead atoms. The Balaban J connectivity index is 1.68. The van der Waals surface area contributed by atoms with E-state index in [2.05, 4.69) is 20.3 Å². The van der Waals surface area contributed by atoms with E-state index in [4.69, 9.17) is 4.74 Å². The second-order valence-corrected chi connectivity index (χ2v) is 9.72. The molecule has 1 unspecified atom stereocenters. The maximum Gasteiger partial charge on any atom is 0.251 e. The molecule has 4 aromatic rings. The van der Waals surface area contributed by atoms with Crippen molar-refractivity contribution in [1.82, 2.24) is 19.9 Å². The van der Waals surface area contributed by atoms with Gasteiger partial charge in [0.05, 0.1) is 12.9 Å². The van der Waals surface area contributed by atoms with E-state index in [0.29, 0.717) is 22.2 Å². The van der Waals surface area contributed by atoms with Crippen LogP contribution in [0.15, 0.2) is 84.3 Å². The van der Waals surface area contributed by atoms with Crippen molar-refractivity contribution in [1.29, 1.82) is 0 Å². The van der Waals surface area contributed by atoms with Gasteiger partial charge < -0.3 is 15.0 Å². The summed E-state index contributed by atoms with van der Waals surface area (Å²) < 4.78 is 19.6. The monoisotopic (exact) mass is 545 g/mol. The topological polar surface area (TPSA) is 97.3 Å². The number of hydrogen-bond acceptors (Lipinski definition) is 7. The summed E-state index contributed by atoms with van der Waals surface area (Å²) in [5, 5.41) is 3.33. The maximum absolute atomic E-state index is 14.4. The summed E-state index contributed by atoms with van der Waals surface area (Å²) >= 11 is 1.18. The lowest BCUT2D eigenvalue weighted by Crippen LogP contribution is -2.42. The zero-order valence-corrected chi connectivity index (χ0v) is 22.6. The van der Waals surface area contributed by atoms with Gasteiger partial charge >= 0.3 is 0 Å². The summed E-state index contributed by atoms with van der Waals surface area (Å²) in [5.41, 5.74) is 3.15. The predicted molar refractivity (Wildman–Crippen MR) is 148 cm³/mol. The third kappa shape index (κ3) is 7.61. The number of aryl methyl sites for hydroxylation is 2. The van der Waals surface area contributed by atoms with Gasteiger partial charge in [-0.2, -0.15) is 0 Å². The number of pyridine rings is 1. The Morgan fingerprint density at radius 3 is 2.41 bits per heavy atom. The molecule has 2 aromatic carbocycles. The van der Waals surface area contributed by atoms with Gasteiger partial charge in [0.1, 0.15) is 17.6 Å². The van der Waals surface area contributed by atoms with E-state index >= 15 is 0 Å². The molecular formula is C29H28FN5O3S. The zero-order valence-electron chi connectivity index (χ0n) is 21.8. The number of nitrogens with one attached hydrogen (secondary N) is 1. The molecule has 4 rings (SSSR count). The number of carbonyl (C=O) groups is 2. The molecular weight excluding hydrogens is 517 g/mol. The Morgan fingerprint density at radius 2 is 1.77 bits per heavy atom. The van der Waals surface area contributed by atoms with Crippen LogP contribution in [0.4, 0.5) is 10.1 Å². The number of hydrogen-bond donors (Lipinski definition) is 1. The minimum atomic E-state index is -1.13. The van der Waals surface area contributed by atoms with Crippen molar-refractivity contribution in [2.24, 2.45) is 0 Å². The van der Waals surface area contributed by atoms with E-state index < -0.39 is 17.8 Å². The molecule has 0 aliphatic rings. The van der Waals surface area contributed by atoms with Crippen LogP contribution in [0, 0.1) is 19.7 Å². The molecule has 0 saturated heterocycles. The van der Waals surface area contributed by atoms with Crippen LogP contribution in [0.2, 0.25) is 0 Å². The maximum atomic E-state index is 14.4. The molecule has 10 heteroatoms. The van der Waals surface area contributed by atoms with Gasteiger partial charge in [-0.3, -0.25) is 14.6 Å². The molecule has 1 N–H and O–H groups in total. The second kappa shape index (κ2) is 13.0. The number of amides is 2. The molecule has 0 aliphatic carbocycles. The molecule has 0 saturated carbocycles. The molecule has 1 atom stereocenters. The highest BCUT2D eigenvalue weighted by molar-refractivity contribution is 7.99. The molecule has 8 nitrogen and oxygen atoms in total. The van der Waals surface area contributed by atoms with Gasteiger partial charge in [0.25, 0.3) is 5.91 Å². The third-order valence-corrected chi connectivity index (χ3v) is 6.60. The molecule has 2 heterocycles. The summed E-state index contributed by atoms with van der Waals surface area (Å²) in [6.45, 7) is 3.80. The first kappa shape index (κ1) is 27.7. The molecule has 0 radical (unpaired) electrons. The Hall–Kier alpha value is -4.31. The number of benzene rings is 2. The number of thioether (sulfide) groups is 1. The molecule has 0 spiro atoms. The van der Waals surface area contributed by atoms with Crippen LogP contribution in [0.3, 0.4) is 0 Å². The quantitative estimate of drug-likeness (QED) is 0.218. The highest BCUT2D eigenvalue weighted by Crippen LogP contribution is 2.28. The van der Waals surface area contributed by atoms with Crippen LogP contribution in [0.1, 0.15) is 28.6 Å². The smallest absolute Gasteiger partial charge is 0.251 e. The highest BCUT2D eigenvalue weighted by Gasteiger charge is 2.32. The number of rotatable bonds is 10. The van der Waals surface area contributed by atoms with E-state index in [1.165, 1.54) is 34.9 Å². The summed E-state index contributed by atoms with van der Waals surface area (Å²) in [7, 11) is 1.55. The lowest BCUT2D eigenvalue weighted by atomic mass is 10.0. The lowest BCUT2D eigenvalue weighted by molar-refractivity contribution is -0.137. The Morgan fingerprint density at radius 1 is 1.03 bits per heavy atom. The number of methoxy groups -OCH3 is 1. The van der Waals surface area contributed by atoms with Gasteiger partial charge in [0, 0.05) is 36.0 Å². The van der Waals surface area contributed by atoms with Gasteiger partial charge in [-0.25, -0.2) is 14.4 Å². The molecule has 2 aromatic heterocycles. The predicted octanol–water partition coefficient (Wildman–Crippen LogP) is 5.14. The van der Waals surface area contributed by atoms with Crippen molar-refractivity contribution in [3.8, 4) is 5.75 Å². The number of halogens is 1. The van der Waals surface area contributed by atoms with E-state index in [-0.39, 0.29) is 18.2 Å². The van der Waals surface area contributed by atoms with Crippen molar-refractivity contribution in [2.45, 2.75) is 31.6 Å².